The molecule has 128 valence electrons. The van der Waals surface area contributed by atoms with Crippen molar-refractivity contribution in [1.29, 1.82) is 0 Å². The standard InChI is InChI=1S/C19H16ClNO4/c1-8(2)14-10-4-5-11(14)16-15(10)17(22)21(18(16)23)9-3-6-13(20)12(7-9)19(24)25/h3-7,10-11,15-16H,1-2H3,(H,24,25). The van der Waals surface area contributed by atoms with Crippen molar-refractivity contribution in [2.45, 2.75) is 13.8 Å². The molecule has 2 fully saturated rings. The zero-order chi connectivity index (χ0) is 18.0. The minimum absolute atomic E-state index is 0.0345. The fourth-order valence-corrected chi connectivity index (χ4v) is 4.70. The van der Waals surface area contributed by atoms with Gasteiger partial charge in [-0.15, -0.1) is 0 Å². The number of benzene rings is 1. The molecular formula is C19H16ClNO4. The lowest BCUT2D eigenvalue weighted by Gasteiger charge is -2.19. The van der Waals surface area contributed by atoms with Gasteiger partial charge in [0, 0.05) is 11.8 Å². The van der Waals surface area contributed by atoms with E-state index < -0.39 is 17.8 Å². The lowest BCUT2D eigenvalue weighted by atomic mass is 9.85. The van der Waals surface area contributed by atoms with Crippen LogP contribution in [0.3, 0.4) is 0 Å². The third kappa shape index (κ3) is 2.05. The number of halogens is 1. The zero-order valence-corrected chi connectivity index (χ0v) is 14.4. The first-order valence-corrected chi connectivity index (χ1v) is 8.47. The molecule has 2 aliphatic carbocycles. The van der Waals surface area contributed by atoms with Gasteiger partial charge in [0.05, 0.1) is 28.1 Å². The van der Waals surface area contributed by atoms with Gasteiger partial charge < -0.3 is 5.11 Å². The van der Waals surface area contributed by atoms with Crippen LogP contribution in [-0.2, 0) is 9.59 Å². The van der Waals surface area contributed by atoms with Crippen LogP contribution in [0.4, 0.5) is 5.69 Å². The number of fused-ring (bicyclic) bond motifs is 5. The predicted octanol–water partition coefficient (Wildman–Crippen LogP) is 3.30. The van der Waals surface area contributed by atoms with E-state index in [1.165, 1.54) is 23.8 Å². The van der Waals surface area contributed by atoms with Gasteiger partial charge in [0.25, 0.3) is 0 Å². The van der Waals surface area contributed by atoms with Gasteiger partial charge in [-0.2, -0.15) is 0 Å². The number of carboxylic acids is 1. The molecular weight excluding hydrogens is 342 g/mol. The summed E-state index contributed by atoms with van der Waals surface area (Å²) < 4.78 is 0. The lowest BCUT2D eigenvalue weighted by Crippen LogP contribution is -2.33. The number of rotatable bonds is 2. The average molecular weight is 358 g/mol. The van der Waals surface area contributed by atoms with Crippen molar-refractivity contribution in [1.82, 2.24) is 0 Å². The number of nitrogens with zero attached hydrogens (tertiary/aromatic N) is 1. The molecule has 25 heavy (non-hydrogen) atoms. The smallest absolute Gasteiger partial charge is 0.337 e. The largest absolute Gasteiger partial charge is 0.478 e. The summed E-state index contributed by atoms with van der Waals surface area (Å²) >= 11 is 5.89. The molecule has 1 saturated heterocycles. The van der Waals surface area contributed by atoms with Crippen molar-refractivity contribution >= 4 is 35.1 Å². The third-order valence-electron chi connectivity index (χ3n) is 5.43. The number of allylic oxidation sites excluding steroid dienone is 4. The number of carbonyl (C=O) groups excluding carboxylic acids is 2. The Kier molecular flexibility index (Phi) is 3.41. The molecule has 1 N–H and O–H groups in total. The van der Waals surface area contributed by atoms with Crippen LogP contribution < -0.4 is 4.90 Å². The summed E-state index contributed by atoms with van der Waals surface area (Å²) in [6.45, 7) is 4.02. The first-order chi connectivity index (χ1) is 11.8. The molecule has 1 heterocycles. The Morgan fingerprint density at radius 1 is 1.08 bits per heavy atom. The minimum Gasteiger partial charge on any atom is -0.478 e. The molecule has 3 aliphatic rings. The fourth-order valence-electron chi connectivity index (χ4n) is 4.50. The molecule has 0 spiro atoms. The Morgan fingerprint density at radius 3 is 2.12 bits per heavy atom. The van der Waals surface area contributed by atoms with E-state index in [2.05, 4.69) is 0 Å². The number of carbonyl (C=O) groups is 3. The Balaban J connectivity index is 1.76. The van der Waals surface area contributed by atoms with Crippen molar-refractivity contribution in [3.63, 3.8) is 0 Å². The third-order valence-corrected chi connectivity index (χ3v) is 5.76. The summed E-state index contributed by atoms with van der Waals surface area (Å²) in [5.74, 6) is -2.57. The Labute approximate surface area is 149 Å². The topological polar surface area (TPSA) is 74.7 Å². The number of hydrogen-bond donors (Lipinski definition) is 1. The van der Waals surface area contributed by atoms with E-state index in [-0.39, 0.29) is 39.9 Å². The quantitative estimate of drug-likeness (QED) is 0.651. The van der Waals surface area contributed by atoms with Crippen molar-refractivity contribution in [3.05, 3.63) is 52.1 Å². The van der Waals surface area contributed by atoms with Crippen LogP contribution in [0.1, 0.15) is 24.2 Å². The van der Waals surface area contributed by atoms with Crippen LogP contribution in [0, 0.1) is 23.7 Å². The van der Waals surface area contributed by atoms with Gasteiger partial charge in [-0.05, 0) is 32.0 Å². The Hall–Kier alpha value is -2.40. The summed E-state index contributed by atoms with van der Waals surface area (Å²) in [4.78, 5) is 38.4. The van der Waals surface area contributed by atoms with E-state index in [0.717, 1.165) is 10.5 Å². The van der Waals surface area contributed by atoms with Crippen LogP contribution in [0.15, 0.2) is 41.5 Å². The maximum Gasteiger partial charge on any atom is 0.337 e. The summed E-state index contributed by atoms with van der Waals surface area (Å²) in [6.07, 6.45) is 4.04. The van der Waals surface area contributed by atoms with Crippen LogP contribution in [0.25, 0.3) is 0 Å². The van der Waals surface area contributed by atoms with Gasteiger partial charge >= 0.3 is 5.97 Å². The highest BCUT2D eigenvalue weighted by Gasteiger charge is 2.61. The lowest BCUT2D eigenvalue weighted by molar-refractivity contribution is -0.122. The maximum atomic E-state index is 13.0. The Morgan fingerprint density at radius 2 is 1.64 bits per heavy atom. The van der Waals surface area contributed by atoms with Gasteiger partial charge in [0.2, 0.25) is 11.8 Å². The Bertz CT molecular complexity index is 863. The number of aromatic carboxylic acids is 1. The summed E-state index contributed by atoms with van der Waals surface area (Å²) in [7, 11) is 0. The minimum atomic E-state index is -1.19. The number of anilines is 1. The summed E-state index contributed by atoms with van der Waals surface area (Å²) in [5, 5.41) is 9.30. The number of amides is 2. The normalized spacial score (nSPS) is 29.6. The van der Waals surface area contributed by atoms with Crippen LogP contribution in [0.5, 0.6) is 0 Å². The molecule has 5 nitrogen and oxygen atoms in total. The molecule has 0 aromatic heterocycles. The molecule has 2 amide bonds. The fraction of sp³-hybridized carbons (Fsp3) is 0.316. The highest BCUT2D eigenvalue weighted by Crippen LogP contribution is 2.57. The van der Waals surface area contributed by atoms with E-state index in [1.807, 2.05) is 26.0 Å². The predicted molar refractivity (Wildman–Crippen MR) is 92.4 cm³/mol. The number of imide groups is 1. The van der Waals surface area contributed by atoms with Crippen LogP contribution >= 0.6 is 11.6 Å². The molecule has 4 atom stereocenters. The van der Waals surface area contributed by atoms with Crippen molar-refractivity contribution in [2.75, 3.05) is 4.90 Å². The van der Waals surface area contributed by atoms with E-state index in [9.17, 15) is 19.5 Å². The molecule has 6 heteroatoms. The van der Waals surface area contributed by atoms with E-state index in [1.54, 1.807) is 0 Å². The number of carboxylic acid groups (broad SMARTS) is 1. The van der Waals surface area contributed by atoms with Gasteiger partial charge in [-0.3, -0.25) is 9.59 Å². The first-order valence-electron chi connectivity index (χ1n) is 8.09. The molecule has 1 aliphatic heterocycles. The second-order valence-electron chi connectivity index (χ2n) is 6.92. The highest BCUT2D eigenvalue weighted by atomic mass is 35.5. The first kappa shape index (κ1) is 16.1. The van der Waals surface area contributed by atoms with E-state index in [4.69, 9.17) is 11.6 Å². The number of hydrogen-bond acceptors (Lipinski definition) is 3. The molecule has 1 saturated carbocycles. The monoisotopic (exact) mass is 357 g/mol. The van der Waals surface area contributed by atoms with Gasteiger partial charge in [-0.1, -0.05) is 34.9 Å². The van der Waals surface area contributed by atoms with Crippen molar-refractivity contribution in [2.24, 2.45) is 23.7 Å². The highest BCUT2D eigenvalue weighted by molar-refractivity contribution is 6.34. The molecule has 1 aromatic carbocycles. The van der Waals surface area contributed by atoms with E-state index in [0.29, 0.717) is 0 Å². The average Bonchev–Trinajstić information content (AvgIpc) is 3.18. The molecule has 4 rings (SSSR count). The maximum absolute atomic E-state index is 13.0. The van der Waals surface area contributed by atoms with Gasteiger partial charge in [-0.25, -0.2) is 9.69 Å². The van der Waals surface area contributed by atoms with E-state index >= 15 is 0 Å². The zero-order valence-electron chi connectivity index (χ0n) is 13.7. The summed E-state index contributed by atoms with van der Waals surface area (Å²) in [6, 6.07) is 4.21. The molecule has 2 bridgehead atoms. The molecule has 4 unspecified atom stereocenters. The van der Waals surface area contributed by atoms with Crippen LogP contribution in [-0.4, -0.2) is 22.9 Å². The molecule has 1 aromatic rings. The van der Waals surface area contributed by atoms with Crippen LogP contribution in [0.2, 0.25) is 5.02 Å². The van der Waals surface area contributed by atoms with Crippen molar-refractivity contribution < 1.29 is 19.5 Å². The summed E-state index contributed by atoms with van der Waals surface area (Å²) in [5.41, 5.74) is 2.48. The van der Waals surface area contributed by atoms with Crippen molar-refractivity contribution in [3.8, 4) is 0 Å². The van der Waals surface area contributed by atoms with Gasteiger partial charge in [0.1, 0.15) is 0 Å². The van der Waals surface area contributed by atoms with Gasteiger partial charge in [0.15, 0.2) is 0 Å². The molecule has 0 radical (unpaired) electrons. The second-order valence-corrected chi connectivity index (χ2v) is 7.33. The second kappa shape index (κ2) is 5.30. The SMILES string of the molecule is CC(C)=C1C2C=CC1C1C(=O)N(c3ccc(Cl)c(C(=O)O)c3)C(=O)C21.